The number of benzene rings is 1. The zero-order chi connectivity index (χ0) is 14.6. The maximum absolute atomic E-state index is 10.9. The normalized spacial score (nSPS) is 11.9. The minimum absolute atomic E-state index is 0.150. The number of aliphatic hydroxyl groups is 1. The third kappa shape index (κ3) is 4.61. The number of hydrogen-bond donors (Lipinski definition) is 1. The lowest BCUT2D eigenvalue weighted by molar-refractivity contribution is -0.385. The lowest BCUT2D eigenvalue weighted by atomic mass is 10.0. The molecule has 0 aliphatic heterocycles. The lowest BCUT2D eigenvalue weighted by Gasteiger charge is -2.28. The summed E-state index contributed by atoms with van der Waals surface area (Å²) in [5.41, 5.74) is 1.00. The van der Waals surface area contributed by atoms with Gasteiger partial charge in [0.1, 0.15) is 0 Å². The van der Waals surface area contributed by atoms with Crippen LogP contribution in [-0.2, 0) is 6.54 Å². The number of hydrogen-bond acceptors (Lipinski definition) is 4. The zero-order valence-electron chi connectivity index (χ0n) is 12.0. The van der Waals surface area contributed by atoms with Crippen molar-refractivity contribution in [2.45, 2.75) is 39.8 Å². The molecule has 0 amide bonds. The van der Waals surface area contributed by atoms with Crippen LogP contribution in [0.5, 0.6) is 0 Å². The molecular weight excluding hydrogens is 244 g/mol. The number of rotatable bonds is 6. The van der Waals surface area contributed by atoms with Crippen molar-refractivity contribution in [3.63, 3.8) is 0 Å². The van der Waals surface area contributed by atoms with Crippen LogP contribution in [-0.4, -0.2) is 33.6 Å². The fourth-order valence-corrected chi connectivity index (χ4v) is 2.11. The van der Waals surface area contributed by atoms with Crippen LogP contribution >= 0.6 is 0 Å². The smallest absolute Gasteiger partial charge is 0.272 e. The van der Waals surface area contributed by atoms with E-state index < -0.39 is 5.60 Å². The van der Waals surface area contributed by atoms with Crippen LogP contribution in [0.2, 0.25) is 0 Å². The first-order valence-corrected chi connectivity index (χ1v) is 6.42. The lowest BCUT2D eigenvalue weighted by Crippen LogP contribution is -2.38. The fourth-order valence-electron chi connectivity index (χ4n) is 2.11. The first-order valence-electron chi connectivity index (χ1n) is 6.42. The summed E-state index contributed by atoms with van der Waals surface area (Å²) in [6.07, 6.45) is 0. The maximum atomic E-state index is 10.9. The number of likely N-dealkylation sites (N-methyl/N-ethyl adjacent to an activating group) is 1. The van der Waals surface area contributed by atoms with E-state index in [4.69, 9.17) is 0 Å². The molecule has 0 saturated carbocycles. The predicted octanol–water partition coefficient (Wildman–Crippen LogP) is 2.50. The predicted molar refractivity (Wildman–Crippen MR) is 75.1 cm³/mol. The summed E-state index contributed by atoms with van der Waals surface area (Å²) in [7, 11) is 0. The molecule has 1 aromatic rings. The highest BCUT2D eigenvalue weighted by Gasteiger charge is 2.19. The minimum atomic E-state index is -0.773. The van der Waals surface area contributed by atoms with Gasteiger partial charge in [-0.15, -0.1) is 0 Å². The van der Waals surface area contributed by atoms with Crippen molar-refractivity contribution in [1.29, 1.82) is 0 Å². The van der Waals surface area contributed by atoms with E-state index in [1.165, 1.54) is 6.07 Å². The molecule has 106 valence electrons. The van der Waals surface area contributed by atoms with Crippen LogP contribution in [0.15, 0.2) is 18.2 Å². The Bertz CT molecular complexity index is 452. The third-order valence-electron chi connectivity index (χ3n) is 3.07. The molecule has 0 saturated heterocycles. The average molecular weight is 266 g/mol. The molecule has 0 spiro atoms. The van der Waals surface area contributed by atoms with Crippen LogP contribution < -0.4 is 0 Å². The Morgan fingerprint density at radius 3 is 2.53 bits per heavy atom. The second-order valence-electron chi connectivity index (χ2n) is 5.43. The summed E-state index contributed by atoms with van der Waals surface area (Å²) in [4.78, 5) is 12.6. The van der Waals surface area contributed by atoms with Crippen LogP contribution in [0.3, 0.4) is 0 Å². The van der Waals surface area contributed by atoms with Crippen molar-refractivity contribution in [3.05, 3.63) is 39.4 Å². The molecule has 1 aromatic carbocycles. The Balaban J connectivity index is 2.92. The molecule has 5 heteroatoms. The Hall–Kier alpha value is -1.46. The van der Waals surface area contributed by atoms with Crippen molar-refractivity contribution in [1.82, 2.24) is 4.90 Å². The molecule has 5 nitrogen and oxygen atoms in total. The third-order valence-corrected chi connectivity index (χ3v) is 3.07. The highest BCUT2D eigenvalue weighted by molar-refractivity contribution is 5.44. The van der Waals surface area contributed by atoms with Gasteiger partial charge in [-0.3, -0.25) is 15.0 Å². The molecule has 0 aliphatic carbocycles. The first kappa shape index (κ1) is 15.6. The van der Waals surface area contributed by atoms with Crippen LogP contribution in [0.25, 0.3) is 0 Å². The Morgan fingerprint density at radius 1 is 1.42 bits per heavy atom. The molecule has 0 bridgehead atoms. The van der Waals surface area contributed by atoms with Crippen molar-refractivity contribution in [2.75, 3.05) is 13.1 Å². The van der Waals surface area contributed by atoms with E-state index in [2.05, 4.69) is 4.90 Å². The van der Waals surface area contributed by atoms with Gasteiger partial charge in [0.15, 0.2) is 0 Å². The van der Waals surface area contributed by atoms with Gasteiger partial charge in [-0.2, -0.15) is 0 Å². The molecule has 0 aromatic heterocycles. The highest BCUT2D eigenvalue weighted by Crippen LogP contribution is 2.22. The molecule has 0 aliphatic rings. The number of nitro groups is 1. The van der Waals surface area contributed by atoms with Gasteiger partial charge in [0.25, 0.3) is 5.69 Å². The van der Waals surface area contributed by atoms with Crippen molar-refractivity contribution in [3.8, 4) is 0 Å². The molecule has 19 heavy (non-hydrogen) atoms. The zero-order valence-corrected chi connectivity index (χ0v) is 12.0. The molecular formula is C14H22N2O3. The first-order chi connectivity index (χ1) is 8.74. The van der Waals surface area contributed by atoms with Gasteiger partial charge >= 0.3 is 0 Å². The monoisotopic (exact) mass is 266 g/mol. The van der Waals surface area contributed by atoms with Gasteiger partial charge in [0.05, 0.1) is 10.5 Å². The summed E-state index contributed by atoms with van der Waals surface area (Å²) < 4.78 is 0. The van der Waals surface area contributed by atoms with Crippen molar-refractivity contribution >= 4 is 5.69 Å². The van der Waals surface area contributed by atoms with E-state index in [1.807, 2.05) is 13.0 Å². The topological polar surface area (TPSA) is 66.6 Å². The van der Waals surface area contributed by atoms with Crippen LogP contribution in [0, 0.1) is 17.0 Å². The second-order valence-corrected chi connectivity index (χ2v) is 5.43. The van der Waals surface area contributed by atoms with Crippen LogP contribution in [0.1, 0.15) is 31.9 Å². The fraction of sp³-hybridized carbons (Fsp3) is 0.571. The van der Waals surface area contributed by atoms with Gasteiger partial charge in [0.2, 0.25) is 0 Å². The largest absolute Gasteiger partial charge is 0.389 e. The van der Waals surface area contributed by atoms with Crippen molar-refractivity contribution in [2.24, 2.45) is 0 Å². The summed E-state index contributed by atoms with van der Waals surface area (Å²) in [5, 5.41) is 20.8. The van der Waals surface area contributed by atoms with Gasteiger partial charge in [-0.1, -0.05) is 19.1 Å². The van der Waals surface area contributed by atoms with E-state index in [1.54, 1.807) is 26.8 Å². The summed E-state index contributed by atoms with van der Waals surface area (Å²) in [5.74, 6) is 0. The number of nitrogens with zero attached hydrogens (tertiary/aromatic N) is 2. The SMILES string of the molecule is CCN(Cc1cccc([N+](=O)[O-])c1C)CC(C)(C)O. The molecule has 1 N–H and O–H groups in total. The second kappa shape index (κ2) is 6.12. The average Bonchev–Trinajstić information content (AvgIpc) is 2.28. The molecule has 0 heterocycles. The van der Waals surface area contributed by atoms with E-state index in [9.17, 15) is 15.2 Å². The molecule has 0 unspecified atom stereocenters. The van der Waals surface area contributed by atoms with Gasteiger partial charge in [-0.25, -0.2) is 0 Å². The minimum Gasteiger partial charge on any atom is -0.389 e. The Kier molecular flexibility index (Phi) is 5.03. The molecule has 0 fully saturated rings. The van der Waals surface area contributed by atoms with Crippen molar-refractivity contribution < 1.29 is 10.0 Å². The van der Waals surface area contributed by atoms with Gasteiger partial charge in [-0.05, 0) is 32.9 Å². The van der Waals surface area contributed by atoms with Gasteiger partial charge < -0.3 is 5.11 Å². The van der Waals surface area contributed by atoms with E-state index in [0.29, 0.717) is 18.7 Å². The molecule has 0 atom stereocenters. The standard InChI is InChI=1S/C14H22N2O3/c1-5-15(10-14(3,4)17)9-12-7-6-8-13(11(12)2)16(18)19/h6-8,17H,5,9-10H2,1-4H3. The summed E-state index contributed by atoms with van der Waals surface area (Å²) in [6, 6.07) is 5.12. The maximum Gasteiger partial charge on any atom is 0.272 e. The van der Waals surface area contributed by atoms with E-state index in [-0.39, 0.29) is 10.6 Å². The number of nitro benzene ring substituents is 1. The summed E-state index contributed by atoms with van der Waals surface area (Å²) in [6.45, 7) is 9.22. The molecule has 0 radical (unpaired) electrons. The molecule has 1 rings (SSSR count). The van der Waals surface area contributed by atoms with E-state index >= 15 is 0 Å². The summed E-state index contributed by atoms with van der Waals surface area (Å²) >= 11 is 0. The highest BCUT2D eigenvalue weighted by atomic mass is 16.6. The van der Waals surface area contributed by atoms with Gasteiger partial charge in [0, 0.05) is 24.7 Å². The van der Waals surface area contributed by atoms with E-state index in [0.717, 1.165) is 12.1 Å². The quantitative estimate of drug-likeness (QED) is 0.634. The Morgan fingerprint density at radius 2 is 2.05 bits per heavy atom. The van der Waals surface area contributed by atoms with Crippen LogP contribution in [0.4, 0.5) is 5.69 Å². The Labute approximate surface area is 114 Å².